The molecule has 0 atom stereocenters. The minimum Gasteiger partial charge on any atom is -0.345 e. The molecule has 1 amide bonds. The molecule has 5 nitrogen and oxygen atoms in total. The number of amides is 1. The van der Waals surface area contributed by atoms with E-state index in [1.54, 1.807) is 0 Å². The third-order valence-electron chi connectivity index (χ3n) is 4.25. The Morgan fingerprint density at radius 3 is 2.76 bits per heavy atom. The Morgan fingerprint density at radius 2 is 2.19 bits per heavy atom. The lowest BCUT2D eigenvalue weighted by atomic mass is 9.98. The van der Waals surface area contributed by atoms with E-state index in [9.17, 15) is 4.79 Å². The van der Waals surface area contributed by atoms with Crippen molar-refractivity contribution in [2.75, 3.05) is 6.54 Å². The van der Waals surface area contributed by atoms with E-state index in [1.807, 2.05) is 24.7 Å². The Kier molecular flexibility index (Phi) is 4.60. The Labute approximate surface area is 134 Å². The number of rotatable bonds is 3. The maximum Gasteiger partial charge on any atom is 0.261 e. The van der Waals surface area contributed by atoms with Gasteiger partial charge in [0.15, 0.2) is 0 Å². The van der Waals surface area contributed by atoms with Crippen molar-refractivity contribution in [2.24, 2.45) is 12.8 Å². The normalized spacial score (nSPS) is 16.9. The highest BCUT2D eigenvalue weighted by Gasteiger charge is 2.34. The smallest absolute Gasteiger partial charge is 0.261 e. The molecule has 116 valence electrons. The summed E-state index contributed by atoms with van der Waals surface area (Å²) in [5.41, 5.74) is 6.64. The van der Waals surface area contributed by atoms with Crippen LogP contribution in [0.5, 0.6) is 0 Å². The summed E-state index contributed by atoms with van der Waals surface area (Å²) in [6.45, 7) is 2.49. The van der Waals surface area contributed by atoms with Gasteiger partial charge in [-0.2, -0.15) is 5.10 Å². The highest BCUT2D eigenvalue weighted by atomic mass is 35.5. The summed E-state index contributed by atoms with van der Waals surface area (Å²) in [6, 6.07) is 1.94. The van der Waals surface area contributed by atoms with Crippen LogP contribution in [0.4, 0.5) is 0 Å². The Balaban J connectivity index is 0.00000161. The molecule has 3 rings (SSSR count). The van der Waals surface area contributed by atoms with Gasteiger partial charge >= 0.3 is 0 Å². The van der Waals surface area contributed by atoms with Gasteiger partial charge in [0.1, 0.15) is 4.83 Å². The van der Waals surface area contributed by atoms with Crippen LogP contribution in [0.1, 0.15) is 41.0 Å². The molecule has 0 spiro atoms. The van der Waals surface area contributed by atoms with E-state index in [-0.39, 0.29) is 23.9 Å². The van der Waals surface area contributed by atoms with Crippen LogP contribution in [-0.4, -0.2) is 27.8 Å². The molecule has 1 fully saturated rings. The number of thiophene rings is 1. The highest BCUT2D eigenvalue weighted by molar-refractivity contribution is 7.20. The van der Waals surface area contributed by atoms with E-state index in [2.05, 4.69) is 10.4 Å². The zero-order valence-electron chi connectivity index (χ0n) is 12.3. The fourth-order valence-corrected chi connectivity index (χ4v) is 4.07. The second kappa shape index (κ2) is 5.94. The molecule has 7 heteroatoms. The summed E-state index contributed by atoms with van der Waals surface area (Å²) in [6.07, 6.45) is 4.27. The number of aryl methyl sites for hydroxylation is 2. The van der Waals surface area contributed by atoms with Crippen molar-refractivity contribution in [3.63, 3.8) is 0 Å². The van der Waals surface area contributed by atoms with Crippen molar-refractivity contribution in [2.45, 2.75) is 38.1 Å². The zero-order chi connectivity index (χ0) is 14.3. The molecule has 0 unspecified atom stereocenters. The molecule has 2 aromatic rings. The first-order valence-corrected chi connectivity index (χ1v) is 7.82. The van der Waals surface area contributed by atoms with Crippen LogP contribution in [-0.2, 0) is 7.05 Å². The number of nitrogens with zero attached hydrogens (tertiary/aromatic N) is 2. The van der Waals surface area contributed by atoms with Crippen molar-refractivity contribution in [3.05, 3.63) is 16.6 Å². The molecule has 2 heterocycles. The van der Waals surface area contributed by atoms with Crippen molar-refractivity contribution < 1.29 is 4.79 Å². The fraction of sp³-hybridized carbons (Fsp3) is 0.571. The number of fused-ring (bicyclic) bond motifs is 1. The third kappa shape index (κ3) is 2.80. The van der Waals surface area contributed by atoms with Gasteiger partial charge in [0.25, 0.3) is 5.91 Å². The Morgan fingerprint density at radius 1 is 1.52 bits per heavy atom. The molecule has 21 heavy (non-hydrogen) atoms. The van der Waals surface area contributed by atoms with Crippen LogP contribution in [0, 0.1) is 6.92 Å². The minimum atomic E-state index is -0.194. The lowest BCUT2D eigenvalue weighted by molar-refractivity contribution is 0.0907. The highest BCUT2D eigenvalue weighted by Crippen LogP contribution is 2.31. The van der Waals surface area contributed by atoms with Gasteiger partial charge in [0, 0.05) is 19.0 Å². The van der Waals surface area contributed by atoms with Gasteiger partial charge in [0.05, 0.1) is 16.1 Å². The van der Waals surface area contributed by atoms with Crippen LogP contribution < -0.4 is 11.1 Å². The van der Waals surface area contributed by atoms with Gasteiger partial charge in [0.2, 0.25) is 0 Å². The first-order chi connectivity index (χ1) is 9.54. The van der Waals surface area contributed by atoms with Gasteiger partial charge in [-0.1, -0.05) is 12.8 Å². The molecule has 0 bridgehead atoms. The number of aromatic nitrogens is 2. The molecule has 2 aromatic heterocycles. The van der Waals surface area contributed by atoms with E-state index in [1.165, 1.54) is 11.3 Å². The fourth-order valence-electron chi connectivity index (χ4n) is 3.05. The van der Waals surface area contributed by atoms with Crippen molar-refractivity contribution in [3.8, 4) is 0 Å². The van der Waals surface area contributed by atoms with E-state index in [0.717, 1.165) is 46.5 Å². The van der Waals surface area contributed by atoms with Crippen LogP contribution in [0.3, 0.4) is 0 Å². The largest absolute Gasteiger partial charge is 0.345 e. The van der Waals surface area contributed by atoms with Crippen LogP contribution in [0.25, 0.3) is 10.2 Å². The topological polar surface area (TPSA) is 72.9 Å². The molecule has 0 aliphatic heterocycles. The monoisotopic (exact) mass is 328 g/mol. The quantitative estimate of drug-likeness (QED) is 0.908. The van der Waals surface area contributed by atoms with Crippen LogP contribution in [0.15, 0.2) is 6.07 Å². The maximum absolute atomic E-state index is 12.5. The second-order valence-corrected chi connectivity index (χ2v) is 6.71. The SMILES string of the molecule is Cc1nn(C)c2sc(C(=O)NC3(CN)CCCC3)cc12.Cl. The predicted octanol–water partition coefficient (Wildman–Crippen LogP) is 2.37. The average molecular weight is 329 g/mol. The third-order valence-corrected chi connectivity index (χ3v) is 5.45. The van der Waals surface area contributed by atoms with Crippen molar-refractivity contribution >= 4 is 39.9 Å². The second-order valence-electron chi connectivity index (χ2n) is 5.68. The Bertz CT molecular complexity index is 623. The molecular weight excluding hydrogens is 308 g/mol. The minimum absolute atomic E-state index is 0. The molecule has 3 N–H and O–H groups in total. The van der Waals surface area contributed by atoms with Gasteiger partial charge in [-0.25, -0.2) is 0 Å². The summed E-state index contributed by atoms with van der Waals surface area (Å²) in [4.78, 5) is 14.3. The summed E-state index contributed by atoms with van der Waals surface area (Å²) in [5, 5.41) is 8.59. The van der Waals surface area contributed by atoms with E-state index < -0.39 is 0 Å². The zero-order valence-corrected chi connectivity index (χ0v) is 13.9. The maximum atomic E-state index is 12.5. The van der Waals surface area contributed by atoms with Crippen molar-refractivity contribution in [1.82, 2.24) is 15.1 Å². The molecule has 0 saturated heterocycles. The summed E-state index contributed by atoms with van der Waals surface area (Å²) in [5.74, 6) is -0.00190. The number of hydrogen-bond donors (Lipinski definition) is 2. The van der Waals surface area contributed by atoms with E-state index in [4.69, 9.17) is 5.73 Å². The van der Waals surface area contributed by atoms with E-state index in [0.29, 0.717) is 6.54 Å². The molecule has 1 aliphatic carbocycles. The lowest BCUT2D eigenvalue weighted by Crippen LogP contribution is -2.51. The standard InChI is InChI=1S/C14H20N4OS.ClH/c1-9-10-7-11(20-13(10)18(2)17-9)12(19)16-14(8-15)5-3-4-6-14;/h7H,3-6,8,15H2,1-2H3,(H,16,19);1H. The average Bonchev–Trinajstić information content (AvgIpc) is 3.09. The predicted molar refractivity (Wildman–Crippen MR) is 88.3 cm³/mol. The summed E-state index contributed by atoms with van der Waals surface area (Å²) < 4.78 is 1.83. The number of carbonyl (C=O) groups excluding carboxylic acids is 1. The number of halogens is 1. The number of nitrogens with two attached hydrogens (primary N) is 1. The van der Waals surface area contributed by atoms with Gasteiger partial charge in [-0.05, 0) is 25.8 Å². The Hall–Kier alpha value is -1.11. The van der Waals surface area contributed by atoms with Gasteiger partial charge < -0.3 is 11.1 Å². The van der Waals surface area contributed by atoms with Crippen LogP contribution >= 0.6 is 23.7 Å². The molecule has 0 aromatic carbocycles. The first kappa shape index (κ1) is 16.3. The summed E-state index contributed by atoms with van der Waals surface area (Å²) >= 11 is 1.49. The van der Waals surface area contributed by atoms with E-state index >= 15 is 0 Å². The van der Waals surface area contributed by atoms with Gasteiger partial charge in [-0.3, -0.25) is 9.48 Å². The molecule has 0 radical (unpaired) electrons. The van der Waals surface area contributed by atoms with Crippen LogP contribution in [0.2, 0.25) is 0 Å². The summed E-state index contributed by atoms with van der Waals surface area (Å²) in [7, 11) is 1.91. The van der Waals surface area contributed by atoms with Gasteiger partial charge in [-0.15, -0.1) is 23.7 Å². The lowest BCUT2D eigenvalue weighted by Gasteiger charge is -2.28. The molecule has 1 aliphatic rings. The van der Waals surface area contributed by atoms with Crippen molar-refractivity contribution in [1.29, 1.82) is 0 Å². The number of nitrogens with one attached hydrogen (secondary N) is 1. The number of carbonyl (C=O) groups is 1. The molecule has 1 saturated carbocycles. The first-order valence-electron chi connectivity index (χ1n) is 7.00. The molecular formula is C14H21ClN4OS. The number of hydrogen-bond acceptors (Lipinski definition) is 4.